The lowest BCUT2D eigenvalue weighted by molar-refractivity contribution is -0.155. The van der Waals surface area contributed by atoms with E-state index in [1.165, 1.54) is 0 Å². The fourth-order valence-corrected chi connectivity index (χ4v) is 3.89. The van der Waals surface area contributed by atoms with Gasteiger partial charge in [0.2, 0.25) is 0 Å². The molecule has 0 amide bonds. The molecule has 3 aromatic rings. The van der Waals surface area contributed by atoms with Gasteiger partial charge in [0.25, 0.3) is 0 Å². The SMILES string of the molecule is C=C/C=C(\C=C/C)Cc1nc(-c2ccccc2)cnc1NC(Cc1cccc(C#N)c1)C(=O)OC(C)(C)C. The number of aromatic nitrogens is 2. The van der Waals surface area contributed by atoms with Gasteiger partial charge in [0, 0.05) is 18.4 Å². The van der Waals surface area contributed by atoms with Crippen molar-refractivity contribution in [1.82, 2.24) is 9.97 Å². The molecule has 6 nitrogen and oxygen atoms in total. The average Bonchev–Trinajstić information content (AvgIpc) is 2.89. The highest BCUT2D eigenvalue weighted by Gasteiger charge is 2.27. The zero-order valence-corrected chi connectivity index (χ0v) is 22.4. The van der Waals surface area contributed by atoms with Gasteiger partial charge < -0.3 is 10.1 Å². The molecule has 1 N–H and O–H groups in total. The Bertz CT molecular complexity index is 1360. The molecule has 0 aliphatic heterocycles. The number of nitrogens with one attached hydrogen (secondary N) is 1. The molecule has 1 heterocycles. The highest BCUT2D eigenvalue weighted by atomic mass is 16.6. The number of ether oxygens (including phenoxy) is 1. The summed E-state index contributed by atoms with van der Waals surface area (Å²) in [5.74, 6) is 0.0894. The number of benzene rings is 2. The van der Waals surface area contributed by atoms with Crippen molar-refractivity contribution in [2.45, 2.75) is 52.2 Å². The molecule has 0 bridgehead atoms. The maximum atomic E-state index is 13.3. The Kier molecular flexibility index (Phi) is 9.72. The summed E-state index contributed by atoms with van der Waals surface area (Å²) in [5.41, 5.74) is 4.08. The molecular formula is C32H34N4O2. The topological polar surface area (TPSA) is 87.9 Å². The molecule has 0 aliphatic carbocycles. The normalized spacial score (nSPS) is 12.6. The minimum absolute atomic E-state index is 0.316. The minimum atomic E-state index is -0.743. The largest absolute Gasteiger partial charge is 0.458 e. The third-order valence-electron chi connectivity index (χ3n) is 5.50. The first kappa shape index (κ1) is 28.1. The van der Waals surface area contributed by atoms with Crippen molar-refractivity contribution in [3.8, 4) is 17.3 Å². The van der Waals surface area contributed by atoms with Crippen LogP contribution >= 0.6 is 0 Å². The molecule has 2 aromatic carbocycles. The van der Waals surface area contributed by atoms with Crippen LogP contribution in [0.2, 0.25) is 0 Å². The van der Waals surface area contributed by atoms with Gasteiger partial charge in [-0.2, -0.15) is 5.26 Å². The van der Waals surface area contributed by atoms with Crippen molar-refractivity contribution in [3.05, 3.63) is 114 Å². The number of carbonyl (C=O) groups is 1. The minimum Gasteiger partial charge on any atom is -0.458 e. The van der Waals surface area contributed by atoms with E-state index in [0.29, 0.717) is 29.9 Å². The highest BCUT2D eigenvalue weighted by molar-refractivity contribution is 5.80. The van der Waals surface area contributed by atoms with Crippen LogP contribution in [0.1, 0.15) is 44.5 Å². The van der Waals surface area contributed by atoms with Gasteiger partial charge in [-0.05, 0) is 51.0 Å². The Morgan fingerprint density at radius 3 is 2.61 bits per heavy atom. The van der Waals surface area contributed by atoms with Crippen LogP contribution in [0.3, 0.4) is 0 Å². The lowest BCUT2D eigenvalue weighted by Crippen LogP contribution is -2.38. The van der Waals surface area contributed by atoms with Gasteiger partial charge in [-0.3, -0.25) is 0 Å². The van der Waals surface area contributed by atoms with Crippen LogP contribution in [0.15, 0.2) is 97.3 Å². The van der Waals surface area contributed by atoms with Gasteiger partial charge in [0.15, 0.2) is 0 Å². The van der Waals surface area contributed by atoms with Crippen molar-refractivity contribution in [1.29, 1.82) is 5.26 Å². The standard InChI is InChI=1S/C32H34N4O2/c1-6-12-23(13-7-2)19-27-30(34-22-29(35-27)26-16-9-8-10-17-26)36-28(31(37)38-32(3,4)5)20-24-14-11-15-25(18-24)21-33/h6-18,22,28H,1,19-20H2,2-5H3,(H,34,36)/b13-7-,23-12+. The quantitative estimate of drug-likeness (QED) is 0.246. The first-order valence-corrected chi connectivity index (χ1v) is 12.6. The molecule has 0 radical (unpaired) electrons. The summed E-state index contributed by atoms with van der Waals surface area (Å²) >= 11 is 0. The van der Waals surface area contributed by atoms with Gasteiger partial charge in [-0.15, -0.1) is 0 Å². The number of hydrogen-bond acceptors (Lipinski definition) is 6. The fourth-order valence-electron chi connectivity index (χ4n) is 3.89. The van der Waals surface area contributed by atoms with E-state index in [9.17, 15) is 10.1 Å². The Morgan fingerprint density at radius 2 is 1.95 bits per heavy atom. The maximum Gasteiger partial charge on any atom is 0.329 e. The fraction of sp³-hybridized carbons (Fsp3) is 0.250. The molecule has 0 saturated heterocycles. The van der Waals surface area contributed by atoms with Crippen LogP contribution in [-0.4, -0.2) is 27.6 Å². The van der Waals surface area contributed by atoms with E-state index < -0.39 is 17.6 Å². The smallest absolute Gasteiger partial charge is 0.329 e. The van der Waals surface area contributed by atoms with Crippen LogP contribution in [0.5, 0.6) is 0 Å². The first-order chi connectivity index (χ1) is 18.2. The summed E-state index contributed by atoms with van der Waals surface area (Å²) in [7, 11) is 0. The summed E-state index contributed by atoms with van der Waals surface area (Å²) in [5, 5.41) is 12.6. The zero-order valence-electron chi connectivity index (χ0n) is 22.4. The summed E-state index contributed by atoms with van der Waals surface area (Å²) in [6.45, 7) is 11.3. The molecule has 1 aromatic heterocycles. The monoisotopic (exact) mass is 506 g/mol. The number of rotatable bonds is 10. The number of nitrogens with zero attached hydrogens (tertiary/aromatic N) is 3. The number of hydrogen-bond donors (Lipinski definition) is 1. The van der Waals surface area contributed by atoms with E-state index in [-0.39, 0.29) is 0 Å². The second kappa shape index (κ2) is 13.2. The number of esters is 1. The number of anilines is 1. The summed E-state index contributed by atoms with van der Waals surface area (Å²) < 4.78 is 5.74. The van der Waals surface area contributed by atoms with Crippen LogP contribution in [0, 0.1) is 11.3 Å². The number of carbonyl (C=O) groups excluding carboxylic acids is 1. The van der Waals surface area contributed by atoms with E-state index in [0.717, 1.165) is 22.4 Å². The third-order valence-corrected chi connectivity index (χ3v) is 5.50. The number of allylic oxidation sites excluding steroid dienone is 5. The molecule has 194 valence electrons. The van der Waals surface area contributed by atoms with Gasteiger partial charge in [0.1, 0.15) is 17.5 Å². The van der Waals surface area contributed by atoms with E-state index >= 15 is 0 Å². The van der Waals surface area contributed by atoms with E-state index in [1.54, 1.807) is 24.4 Å². The molecule has 0 fully saturated rings. The van der Waals surface area contributed by atoms with Crippen molar-refractivity contribution in [3.63, 3.8) is 0 Å². The molecular weight excluding hydrogens is 472 g/mol. The molecule has 0 saturated carbocycles. The second-order valence-corrected chi connectivity index (χ2v) is 9.82. The number of nitriles is 1. The molecule has 1 atom stereocenters. The van der Waals surface area contributed by atoms with E-state index in [4.69, 9.17) is 14.7 Å². The lowest BCUT2D eigenvalue weighted by Gasteiger charge is -2.25. The highest BCUT2D eigenvalue weighted by Crippen LogP contribution is 2.24. The van der Waals surface area contributed by atoms with Gasteiger partial charge in [0.05, 0.1) is 29.2 Å². The molecule has 38 heavy (non-hydrogen) atoms. The first-order valence-electron chi connectivity index (χ1n) is 12.6. The summed E-state index contributed by atoms with van der Waals surface area (Å²) in [4.78, 5) is 23.0. The van der Waals surface area contributed by atoms with Crippen LogP contribution in [0.25, 0.3) is 11.3 Å². The summed E-state index contributed by atoms with van der Waals surface area (Å²) in [6.07, 6.45) is 10.1. The molecule has 1 unspecified atom stereocenters. The van der Waals surface area contributed by atoms with Crippen molar-refractivity contribution >= 4 is 11.8 Å². The van der Waals surface area contributed by atoms with Crippen LogP contribution in [-0.2, 0) is 22.4 Å². The molecule has 6 heteroatoms. The summed E-state index contributed by atoms with van der Waals surface area (Å²) in [6, 6.07) is 18.5. The maximum absolute atomic E-state index is 13.3. The Balaban J connectivity index is 2.04. The van der Waals surface area contributed by atoms with Crippen molar-refractivity contribution < 1.29 is 9.53 Å². The predicted octanol–water partition coefficient (Wildman–Crippen LogP) is 6.61. The van der Waals surface area contributed by atoms with Gasteiger partial charge >= 0.3 is 5.97 Å². The Labute approximate surface area is 225 Å². The molecule has 0 spiro atoms. The Morgan fingerprint density at radius 1 is 1.18 bits per heavy atom. The average molecular weight is 507 g/mol. The van der Waals surface area contributed by atoms with E-state index in [1.807, 2.05) is 88.4 Å². The second-order valence-electron chi connectivity index (χ2n) is 9.82. The van der Waals surface area contributed by atoms with Crippen LogP contribution in [0.4, 0.5) is 5.82 Å². The predicted molar refractivity (Wildman–Crippen MR) is 152 cm³/mol. The van der Waals surface area contributed by atoms with Crippen molar-refractivity contribution in [2.24, 2.45) is 0 Å². The Hall–Kier alpha value is -4.50. The van der Waals surface area contributed by atoms with Gasteiger partial charge in [-0.25, -0.2) is 14.8 Å². The van der Waals surface area contributed by atoms with Crippen molar-refractivity contribution in [2.75, 3.05) is 5.32 Å². The molecule has 0 aliphatic rings. The van der Waals surface area contributed by atoms with Gasteiger partial charge in [-0.1, -0.05) is 73.3 Å². The third kappa shape index (κ3) is 8.28. The van der Waals surface area contributed by atoms with Crippen LogP contribution < -0.4 is 5.32 Å². The lowest BCUT2D eigenvalue weighted by atomic mass is 10.0. The van der Waals surface area contributed by atoms with E-state index in [2.05, 4.69) is 18.0 Å². The zero-order chi connectivity index (χ0) is 27.5. The molecule has 3 rings (SSSR count).